The fraction of sp³-hybridized carbons (Fsp3) is 0.118. The van der Waals surface area contributed by atoms with Crippen molar-refractivity contribution in [1.82, 2.24) is 4.90 Å². The van der Waals surface area contributed by atoms with E-state index in [0.717, 1.165) is 22.5 Å². The van der Waals surface area contributed by atoms with Gasteiger partial charge in [0.25, 0.3) is 5.91 Å². The normalized spacial score (nSPS) is 16.8. The van der Waals surface area contributed by atoms with Crippen molar-refractivity contribution in [1.29, 1.82) is 0 Å². The van der Waals surface area contributed by atoms with Crippen LogP contribution < -0.4 is 0 Å². The Morgan fingerprint density at radius 3 is 2.54 bits per heavy atom. The number of nitrogens with zero attached hydrogens (tertiary/aromatic N) is 1. The van der Waals surface area contributed by atoms with Crippen LogP contribution in [0.25, 0.3) is 16.5 Å². The van der Waals surface area contributed by atoms with Gasteiger partial charge in [-0.25, -0.2) is 0 Å². The third kappa shape index (κ3) is 3.13. The van der Waals surface area contributed by atoms with E-state index in [1.54, 1.807) is 12.1 Å². The SMILES string of the molecule is O=C(O)CCN1C(=O)C(=C(O)c2ccc3ccccc3c2)SC1=S. The third-order valence-corrected chi connectivity index (χ3v) is 5.07. The van der Waals surface area contributed by atoms with Crippen LogP contribution in [0.1, 0.15) is 12.0 Å². The molecule has 1 aliphatic rings. The van der Waals surface area contributed by atoms with E-state index >= 15 is 0 Å². The van der Waals surface area contributed by atoms with Gasteiger partial charge in [0, 0.05) is 12.1 Å². The Morgan fingerprint density at radius 1 is 1.12 bits per heavy atom. The molecular formula is C17H13NO4S2. The number of amides is 1. The summed E-state index contributed by atoms with van der Waals surface area (Å²) in [5.74, 6) is -1.61. The molecule has 1 fully saturated rings. The molecule has 3 rings (SSSR count). The number of aliphatic hydroxyl groups excluding tert-OH is 1. The van der Waals surface area contributed by atoms with Gasteiger partial charge in [-0.3, -0.25) is 14.5 Å². The lowest BCUT2D eigenvalue weighted by Gasteiger charge is -2.12. The van der Waals surface area contributed by atoms with Crippen LogP contribution >= 0.6 is 24.0 Å². The maximum atomic E-state index is 12.4. The molecule has 2 aromatic carbocycles. The molecule has 24 heavy (non-hydrogen) atoms. The minimum Gasteiger partial charge on any atom is -0.506 e. The van der Waals surface area contributed by atoms with E-state index in [-0.39, 0.29) is 28.0 Å². The quantitative estimate of drug-likeness (QED) is 0.495. The molecule has 2 aromatic rings. The maximum absolute atomic E-state index is 12.4. The molecule has 0 aliphatic carbocycles. The number of aliphatic carboxylic acids is 1. The number of carbonyl (C=O) groups excluding carboxylic acids is 1. The van der Waals surface area contributed by atoms with Gasteiger partial charge >= 0.3 is 5.97 Å². The molecule has 122 valence electrons. The van der Waals surface area contributed by atoms with Crippen molar-refractivity contribution in [3.05, 3.63) is 52.9 Å². The summed E-state index contributed by atoms with van der Waals surface area (Å²) in [5.41, 5.74) is 0.521. The summed E-state index contributed by atoms with van der Waals surface area (Å²) < 4.78 is 0.253. The van der Waals surface area contributed by atoms with Gasteiger partial charge < -0.3 is 10.2 Å². The van der Waals surface area contributed by atoms with Crippen molar-refractivity contribution in [2.45, 2.75) is 6.42 Å². The zero-order valence-electron chi connectivity index (χ0n) is 12.4. The van der Waals surface area contributed by atoms with Gasteiger partial charge in [0.05, 0.1) is 6.42 Å². The Hall–Kier alpha value is -2.38. The zero-order chi connectivity index (χ0) is 17.3. The van der Waals surface area contributed by atoms with E-state index in [0.29, 0.717) is 5.56 Å². The topological polar surface area (TPSA) is 77.8 Å². The molecule has 2 N–H and O–H groups in total. The third-order valence-electron chi connectivity index (χ3n) is 3.64. The van der Waals surface area contributed by atoms with E-state index < -0.39 is 11.9 Å². The number of hydrogen-bond donors (Lipinski definition) is 2. The summed E-state index contributed by atoms with van der Waals surface area (Å²) in [6.07, 6.45) is -0.198. The van der Waals surface area contributed by atoms with Gasteiger partial charge in [0.15, 0.2) is 0 Å². The van der Waals surface area contributed by atoms with Crippen molar-refractivity contribution >= 4 is 56.7 Å². The average Bonchev–Trinajstić information content (AvgIpc) is 2.86. The second-order valence-electron chi connectivity index (χ2n) is 5.21. The largest absolute Gasteiger partial charge is 0.506 e. The Labute approximate surface area is 147 Å². The van der Waals surface area contributed by atoms with Crippen LogP contribution in [-0.2, 0) is 9.59 Å². The second-order valence-corrected chi connectivity index (χ2v) is 6.85. The Kier molecular flexibility index (Phi) is 4.55. The molecule has 7 heteroatoms. The summed E-state index contributed by atoms with van der Waals surface area (Å²) in [4.78, 5) is 24.4. The molecule has 0 bridgehead atoms. The fourth-order valence-electron chi connectivity index (χ4n) is 2.41. The van der Waals surface area contributed by atoms with Crippen molar-refractivity contribution in [2.75, 3.05) is 6.54 Å². The number of carboxylic acids is 1. The molecule has 5 nitrogen and oxygen atoms in total. The molecule has 1 heterocycles. The zero-order valence-corrected chi connectivity index (χ0v) is 14.1. The predicted molar refractivity (Wildman–Crippen MR) is 97.7 cm³/mol. The molecule has 0 aromatic heterocycles. The summed E-state index contributed by atoms with van der Waals surface area (Å²) in [7, 11) is 0. The number of rotatable bonds is 4. The van der Waals surface area contributed by atoms with Gasteiger partial charge in [0.1, 0.15) is 15.0 Å². The van der Waals surface area contributed by atoms with Crippen LogP contribution in [0.3, 0.4) is 0 Å². The number of hydrogen-bond acceptors (Lipinski definition) is 5. The summed E-state index contributed by atoms with van der Waals surface area (Å²) in [5, 5.41) is 21.2. The van der Waals surface area contributed by atoms with Gasteiger partial charge in [-0.2, -0.15) is 0 Å². The number of benzene rings is 2. The first-order valence-electron chi connectivity index (χ1n) is 7.15. The number of fused-ring (bicyclic) bond motifs is 1. The lowest BCUT2D eigenvalue weighted by molar-refractivity contribution is -0.137. The fourth-order valence-corrected chi connectivity index (χ4v) is 3.70. The molecule has 0 unspecified atom stereocenters. The van der Waals surface area contributed by atoms with E-state index in [2.05, 4.69) is 0 Å². The van der Waals surface area contributed by atoms with Crippen molar-refractivity contribution < 1.29 is 19.8 Å². The Balaban J connectivity index is 1.94. The first kappa shape index (κ1) is 16.5. The van der Waals surface area contributed by atoms with Crippen LogP contribution in [0.15, 0.2) is 47.4 Å². The number of carbonyl (C=O) groups is 2. The number of thiocarbonyl (C=S) groups is 1. The van der Waals surface area contributed by atoms with Crippen molar-refractivity contribution in [2.24, 2.45) is 0 Å². The highest BCUT2D eigenvalue weighted by molar-refractivity contribution is 8.26. The van der Waals surface area contributed by atoms with Crippen LogP contribution in [0.4, 0.5) is 0 Å². The highest BCUT2D eigenvalue weighted by Gasteiger charge is 2.35. The lowest BCUT2D eigenvalue weighted by Crippen LogP contribution is -2.30. The smallest absolute Gasteiger partial charge is 0.305 e. The number of thioether (sulfide) groups is 1. The van der Waals surface area contributed by atoms with Crippen molar-refractivity contribution in [3.8, 4) is 0 Å². The monoisotopic (exact) mass is 359 g/mol. The molecule has 0 spiro atoms. The predicted octanol–water partition coefficient (Wildman–Crippen LogP) is 3.40. The van der Waals surface area contributed by atoms with E-state index in [1.807, 2.05) is 30.3 Å². The standard InChI is InChI=1S/C17H13NO4S2/c19-13(20)7-8-18-16(22)15(24-17(18)23)14(21)12-6-5-10-3-1-2-4-11(10)9-12/h1-6,9,21H,7-8H2,(H,19,20). The number of aliphatic hydroxyl groups is 1. The molecule has 0 saturated carbocycles. The first-order chi connectivity index (χ1) is 11.5. The molecule has 0 atom stereocenters. The second kappa shape index (κ2) is 6.62. The Bertz CT molecular complexity index is 891. The highest BCUT2D eigenvalue weighted by atomic mass is 32.2. The molecule has 1 amide bonds. The minimum atomic E-state index is -1.01. The van der Waals surface area contributed by atoms with Gasteiger partial charge in [-0.05, 0) is 16.8 Å². The first-order valence-corrected chi connectivity index (χ1v) is 8.37. The number of carboxylic acid groups (broad SMARTS) is 1. The van der Waals surface area contributed by atoms with Crippen LogP contribution in [0.2, 0.25) is 0 Å². The minimum absolute atomic E-state index is 0.00546. The Morgan fingerprint density at radius 2 is 1.83 bits per heavy atom. The average molecular weight is 359 g/mol. The van der Waals surface area contributed by atoms with Crippen LogP contribution in [0, 0.1) is 0 Å². The van der Waals surface area contributed by atoms with Crippen LogP contribution in [0.5, 0.6) is 0 Å². The van der Waals surface area contributed by atoms with Gasteiger partial charge in [-0.15, -0.1) is 0 Å². The summed E-state index contributed by atoms with van der Waals surface area (Å²) in [6.45, 7) is -0.00546. The summed E-state index contributed by atoms with van der Waals surface area (Å²) in [6, 6.07) is 13.1. The van der Waals surface area contributed by atoms with E-state index in [9.17, 15) is 14.7 Å². The molecule has 1 saturated heterocycles. The van der Waals surface area contributed by atoms with E-state index in [4.69, 9.17) is 17.3 Å². The molecule has 0 radical (unpaired) electrons. The van der Waals surface area contributed by atoms with E-state index in [1.165, 1.54) is 4.90 Å². The lowest BCUT2D eigenvalue weighted by atomic mass is 10.1. The van der Waals surface area contributed by atoms with Gasteiger partial charge in [0.2, 0.25) is 0 Å². The van der Waals surface area contributed by atoms with Gasteiger partial charge in [-0.1, -0.05) is 60.4 Å². The molecular weight excluding hydrogens is 346 g/mol. The van der Waals surface area contributed by atoms with Crippen LogP contribution in [-0.4, -0.2) is 37.9 Å². The maximum Gasteiger partial charge on any atom is 0.305 e. The summed E-state index contributed by atoms with van der Waals surface area (Å²) >= 11 is 6.11. The highest BCUT2D eigenvalue weighted by Crippen LogP contribution is 2.36. The van der Waals surface area contributed by atoms with Crippen molar-refractivity contribution in [3.63, 3.8) is 0 Å². The molecule has 1 aliphatic heterocycles.